The van der Waals surface area contributed by atoms with Gasteiger partial charge in [0.1, 0.15) is 18.1 Å². The molecule has 152 valence electrons. The van der Waals surface area contributed by atoms with E-state index in [2.05, 4.69) is 16.8 Å². The minimum atomic E-state index is -0.386. The Labute approximate surface area is 174 Å². The number of piperazine rings is 1. The van der Waals surface area contributed by atoms with Gasteiger partial charge >= 0.3 is 0 Å². The minimum absolute atomic E-state index is 0.0110. The summed E-state index contributed by atoms with van der Waals surface area (Å²) in [5, 5.41) is 10.6. The molecule has 2 aromatic rings. The van der Waals surface area contributed by atoms with E-state index in [1.54, 1.807) is 30.3 Å². The van der Waals surface area contributed by atoms with Crippen molar-refractivity contribution in [3.8, 4) is 11.5 Å². The largest absolute Gasteiger partial charge is 0.507 e. The van der Waals surface area contributed by atoms with Gasteiger partial charge in [-0.2, -0.15) is 0 Å². The molecule has 0 radical (unpaired) electrons. The standard InChI is InChI=1S/C22H23ClN2O4/c1-24-6-8-25(9-7-24)10-11-29-17-12-14(13-23)20(26)19-18(17)21(27)15-4-2-3-5-16(15)22(19)28/h2-5,12,26H,6-11,13H2,1H3. The summed E-state index contributed by atoms with van der Waals surface area (Å²) in [6.45, 7) is 5.05. The van der Waals surface area contributed by atoms with Gasteiger partial charge in [-0.25, -0.2) is 0 Å². The van der Waals surface area contributed by atoms with Gasteiger partial charge in [-0.1, -0.05) is 24.3 Å². The number of nitrogens with zero attached hydrogens (tertiary/aromatic N) is 2. The summed E-state index contributed by atoms with van der Waals surface area (Å²) < 4.78 is 5.97. The van der Waals surface area contributed by atoms with Gasteiger partial charge in [-0.3, -0.25) is 14.5 Å². The summed E-state index contributed by atoms with van der Waals surface area (Å²) in [5.41, 5.74) is 1.10. The van der Waals surface area contributed by atoms with E-state index in [1.807, 2.05) is 0 Å². The van der Waals surface area contributed by atoms with E-state index in [1.165, 1.54) is 0 Å². The molecule has 0 bridgehead atoms. The number of alkyl halides is 1. The molecule has 4 rings (SSSR count). The first kappa shape index (κ1) is 19.9. The maximum atomic E-state index is 13.1. The molecule has 1 aliphatic heterocycles. The van der Waals surface area contributed by atoms with Crippen molar-refractivity contribution >= 4 is 23.2 Å². The molecule has 0 aromatic heterocycles. The number of fused-ring (bicyclic) bond motifs is 2. The fraction of sp³-hybridized carbons (Fsp3) is 0.364. The normalized spacial score (nSPS) is 17.2. The lowest BCUT2D eigenvalue weighted by Gasteiger charge is -2.32. The number of carbonyl (C=O) groups excluding carboxylic acids is 2. The second-order valence-corrected chi connectivity index (χ2v) is 7.73. The monoisotopic (exact) mass is 414 g/mol. The molecule has 2 aromatic carbocycles. The lowest BCUT2D eigenvalue weighted by Crippen LogP contribution is -2.45. The summed E-state index contributed by atoms with van der Waals surface area (Å²) in [7, 11) is 2.10. The number of phenols is 1. The van der Waals surface area contributed by atoms with Crippen molar-refractivity contribution in [1.29, 1.82) is 0 Å². The van der Waals surface area contributed by atoms with Crippen LogP contribution < -0.4 is 4.74 Å². The van der Waals surface area contributed by atoms with Crippen molar-refractivity contribution in [2.75, 3.05) is 46.4 Å². The molecule has 0 unspecified atom stereocenters. The SMILES string of the molecule is CN1CCN(CCOc2cc(CCl)c(O)c3c2C(=O)c2ccccc2C3=O)CC1. The first-order valence-electron chi connectivity index (χ1n) is 9.68. The summed E-state index contributed by atoms with van der Waals surface area (Å²) in [6.07, 6.45) is 0. The Hall–Kier alpha value is -2.41. The van der Waals surface area contributed by atoms with Gasteiger partial charge in [0.2, 0.25) is 0 Å². The van der Waals surface area contributed by atoms with Crippen LogP contribution in [0.4, 0.5) is 0 Å². The second kappa shape index (κ2) is 8.14. The molecule has 6 nitrogen and oxygen atoms in total. The maximum absolute atomic E-state index is 13.1. The second-order valence-electron chi connectivity index (χ2n) is 7.46. The maximum Gasteiger partial charge on any atom is 0.198 e. The first-order chi connectivity index (χ1) is 14.0. The molecule has 1 aliphatic carbocycles. The van der Waals surface area contributed by atoms with E-state index in [0.29, 0.717) is 23.5 Å². The number of carbonyl (C=O) groups is 2. The number of halogens is 1. The van der Waals surface area contributed by atoms with Crippen LogP contribution >= 0.6 is 11.6 Å². The average Bonchev–Trinajstić information content (AvgIpc) is 2.74. The molecule has 1 saturated heterocycles. The molecular formula is C22H23ClN2O4. The number of phenolic OH excluding ortho intramolecular Hbond substituents is 1. The van der Waals surface area contributed by atoms with Gasteiger partial charge in [-0.05, 0) is 13.1 Å². The van der Waals surface area contributed by atoms with E-state index in [0.717, 1.165) is 32.7 Å². The summed E-state index contributed by atoms with van der Waals surface area (Å²) in [6, 6.07) is 8.21. The fourth-order valence-electron chi connectivity index (χ4n) is 3.87. The first-order valence-corrected chi connectivity index (χ1v) is 10.2. The van der Waals surface area contributed by atoms with Gasteiger partial charge in [0, 0.05) is 49.4 Å². The van der Waals surface area contributed by atoms with Crippen LogP contribution in [0, 0.1) is 0 Å². The van der Waals surface area contributed by atoms with Crippen LogP contribution in [0.1, 0.15) is 37.4 Å². The molecule has 1 N–H and O–H groups in total. The molecule has 0 atom stereocenters. The van der Waals surface area contributed by atoms with Crippen LogP contribution in [0.2, 0.25) is 0 Å². The molecule has 0 amide bonds. The predicted molar refractivity (Wildman–Crippen MR) is 110 cm³/mol. The topological polar surface area (TPSA) is 70.1 Å². The van der Waals surface area contributed by atoms with Gasteiger partial charge in [0.25, 0.3) is 0 Å². The third-order valence-corrected chi connectivity index (χ3v) is 5.91. The van der Waals surface area contributed by atoms with Gasteiger partial charge in [0.15, 0.2) is 11.6 Å². The summed E-state index contributed by atoms with van der Waals surface area (Å²) in [5.74, 6) is -0.633. The van der Waals surface area contributed by atoms with Crippen molar-refractivity contribution in [3.63, 3.8) is 0 Å². The van der Waals surface area contributed by atoms with Crippen LogP contribution in [0.3, 0.4) is 0 Å². The number of likely N-dealkylation sites (N-methyl/N-ethyl adjacent to an activating group) is 1. The van der Waals surface area contributed by atoms with Gasteiger partial charge in [-0.15, -0.1) is 11.6 Å². The summed E-state index contributed by atoms with van der Waals surface area (Å²) in [4.78, 5) is 30.7. The highest BCUT2D eigenvalue weighted by Crippen LogP contribution is 2.41. The van der Waals surface area contributed by atoms with Crippen molar-refractivity contribution < 1.29 is 19.4 Å². The average molecular weight is 415 g/mol. The number of rotatable bonds is 5. The Morgan fingerprint density at radius 2 is 1.66 bits per heavy atom. The van der Waals surface area contributed by atoms with Gasteiger partial charge in [0.05, 0.1) is 17.0 Å². The van der Waals surface area contributed by atoms with Crippen LogP contribution in [0.5, 0.6) is 11.5 Å². The van der Waals surface area contributed by atoms with E-state index in [9.17, 15) is 14.7 Å². The van der Waals surface area contributed by atoms with E-state index < -0.39 is 0 Å². The van der Waals surface area contributed by atoms with Crippen LogP contribution in [0.15, 0.2) is 30.3 Å². The zero-order valence-electron chi connectivity index (χ0n) is 16.3. The number of hydrogen-bond acceptors (Lipinski definition) is 6. The third kappa shape index (κ3) is 3.64. The molecule has 1 heterocycles. The number of hydrogen-bond donors (Lipinski definition) is 1. The van der Waals surface area contributed by atoms with Crippen LogP contribution in [-0.2, 0) is 5.88 Å². The molecule has 1 fully saturated rings. The molecule has 7 heteroatoms. The Balaban J connectivity index is 1.64. The van der Waals surface area contributed by atoms with Crippen LogP contribution in [0.25, 0.3) is 0 Å². The predicted octanol–water partition coefficient (Wildman–Crippen LogP) is 2.53. The third-order valence-electron chi connectivity index (χ3n) is 5.62. The van der Waals surface area contributed by atoms with E-state index >= 15 is 0 Å². The number of ketones is 2. The lowest BCUT2D eigenvalue weighted by molar-refractivity contribution is 0.0970. The number of aromatic hydroxyl groups is 1. The Kier molecular flexibility index (Phi) is 5.58. The molecule has 0 saturated carbocycles. The number of benzene rings is 2. The zero-order valence-corrected chi connectivity index (χ0v) is 17.0. The van der Waals surface area contributed by atoms with Crippen molar-refractivity contribution in [3.05, 3.63) is 58.1 Å². The smallest absolute Gasteiger partial charge is 0.198 e. The molecule has 29 heavy (non-hydrogen) atoms. The molecule has 0 spiro atoms. The van der Waals surface area contributed by atoms with E-state index in [4.69, 9.17) is 16.3 Å². The Bertz CT molecular complexity index is 968. The molecular weight excluding hydrogens is 392 g/mol. The van der Waals surface area contributed by atoms with Crippen molar-refractivity contribution in [2.24, 2.45) is 0 Å². The zero-order chi connectivity index (χ0) is 20.5. The van der Waals surface area contributed by atoms with Crippen LogP contribution in [-0.4, -0.2) is 72.9 Å². The lowest BCUT2D eigenvalue weighted by atomic mass is 9.82. The van der Waals surface area contributed by atoms with E-state index in [-0.39, 0.29) is 39.9 Å². The summed E-state index contributed by atoms with van der Waals surface area (Å²) >= 11 is 5.98. The molecule has 2 aliphatic rings. The Morgan fingerprint density at radius 1 is 1.03 bits per heavy atom. The number of ether oxygens (including phenoxy) is 1. The highest BCUT2D eigenvalue weighted by atomic mass is 35.5. The highest BCUT2D eigenvalue weighted by Gasteiger charge is 2.36. The van der Waals surface area contributed by atoms with Gasteiger partial charge < -0.3 is 14.7 Å². The van der Waals surface area contributed by atoms with Crippen molar-refractivity contribution in [1.82, 2.24) is 9.80 Å². The Morgan fingerprint density at radius 3 is 2.28 bits per heavy atom. The quantitative estimate of drug-likeness (QED) is 0.647. The minimum Gasteiger partial charge on any atom is -0.507 e. The van der Waals surface area contributed by atoms with Crippen molar-refractivity contribution in [2.45, 2.75) is 5.88 Å². The highest BCUT2D eigenvalue weighted by molar-refractivity contribution is 6.30. The fourth-order valence-corrected chi connectivity index (χ4v) is 4.07.